The molecule has 4 N–H and O–H groups in total. The number of para-hydroxylation sites is 3. The Balaban J connectivity index is 1.59. The van der Waals surface area contributed by atoms with E-state index in [1.165, 1.54) is 0 Å². The standard InChI is InChI=1S/C20H24N4O2/c21-16-8-2-1-7-15(16)11-12-19(25)22-17-9-3-4-10-18(17)23-20(26)24-13-5-6-14-24/h1-4,7-10H,5-6,11-14,21H2,(H,22,25)(H,23,26). The van der Waals surface area contributed by atoms with Crippen molar-refractivity contribution >= 4 is 29.0 Å². The summed E-state index contributed by atoms with van der Waals surface area (Å²) >= 11 is 0. The second kappa shape index (κ2) is 8.38. The minimum atomic E-state index is -0.124. The van der Waals surface area contributed by atoms with E-state index in [9.17, 15) is 9.59 Å². The highest BCUT2D eigenvalue weighted by molar-refractivity contribution is 5.99. The number of amides is 3. The molecule has 0 atom stereocenters. The summed E-state index contributed by atoms with van der Waals surface area (Å²) in [4.78, 5) is 26.4. The average Bonchev–Trinajstić information content (AvgIpc) is 3.17. The first-order chi connectivity index (χ1) is 12.6. The average molecular weight is 352 g/mol. The smallest absolute Gasteiger partial charge is 0.321 e. The minimum absolute atomic E-state index is 0.115. The largest absolute Gasteiger partial charge is 0.399 e. The van der Waals surface area contributed by atoms with Crippen LogP contribution in [0, 0.1) is 0 Å². The van der Waals surface area contributed by atoms with E-state index in [2.05, 4.69) is 10.6 Å². The number of nitrogens with two attached hydrogens (primary N) is 1. The van der Waals surface area contributed by atoms with Crippen molar-refractivity contribution in [1.29, 1.82) is 0 Å². The highest BCUT2D eigenvalue weighted by Crippen LogP contribution is 2.23. The molecule has 3 rings (SSSR count). The highest BCUT2D eigenvalue weighted by atomic mass is 16.2. The van der Waals surface area contributed by atoms with E-state index in [1.54, 1.807) is 17.0 Å². The van der Waals surface area contributed by atoms with Gasteiger partial charge in [-0.05, 0) is 43.0 Å². The summed E-state index contributed by atoms with van der Waals surface area (Å²) in [6, 6.07) is 14.7. The van der Waals surface area contributed by atoms with Crippen molar-refractivity contribution in [3.8, 4) is 0 Å². The summed E-state index contributed by atoms with van der Waals surface area (Å²) in [5.74, 6) is -0.115. The van der Waals surface area contributed by atoms with Gasteiger partial charge in [0.1, 0.15) is 0 Å². The molecule has 0 unspecified atom stereocenters. The van der Waals surface area contributed by atoms with Crippen molar-refractivity contribution < 1.29 is 9.59 Å². The number of nitrogen functional groups attached to an aromatic ring is 1. The van der Waals surface area contributed by atoms with Crippen LogP contribution < -0.4 is 16.4 Å². The summed E-state index contributed by atoms with van der Waals surface area (Å²) in [7, 11) is 0. The number of nitrogens with one attached hydrogen (secondary N) is 2. The van der Waals surface area contributed by atoms with Gasteiger partial charge >= 0.3 is 6.03 Å². The quantitative estimate of drug-likeness (QED) is 0.720. The summed E-state index contributed by atoms with van der Waals surface area (Å²) in [6.45, 7) is 1.55. The van der Waals surface area contributed by atoms with Crippen molar-refractivity contribution in [3.63, 3.8) is 0 Å². The zero-order chi connectivity index (χ0) is 18.4. The molecule has 2 aromatic carbocycles. The number of urea groups is 1. The first-order valence-corrected chi connectivity index (χ1v) is 8.91. The van der Waals surface area contributed by atoms with Crippen LogP contribution in [0.3, 0.4) is 0 Å². The summed E-state index contributed by atoms with van der Waals surface area (Å²) in [5, 5.41) is 5.78. The number of aryl methyl sites for hydroxylation is 1. The van der Waals surface area contributed by atoms with Gasteiger partial charge in [-0.1, -0.05) is 30.3 Å². The van der Waals surface area contributed by atoms with Crippen molar-refractivity contribution in [2.24, 2.45) is 0 Å². The zero-order valence-electron chi connectivity index (χ0n) is 14.7. The molecule has 1 heterocycles. The lowest BCUT2D eigenvalue weighted by Gasteiger charge is -2.18. The number of anilines is 3. The van der Waals surface area contributed by atoms with Gasteiger partial charge in [-0.25, -0.2) is 4.79 Å². The number of hydrogen-bond acceptors (Lipinski definition) is 3. The molecule has 0 spiro atoms. The molecule has 0 radical (unpaired) electrons. The van der Waals surface area contributed by atoms with Gasteiger partial charge in [-0.2, -0.15) is 0 Å². The highest BCUT2D eigenvalue weighted by Gasteiger charge is 2.19. The molecule has 1 aliphatic heterocycles. The van der Waals surface area contributed by atoms with Gasteiger partial charge in [-0.15, -0.1) is 0 Å². The molecular formula is C20H24N4O2. The molecule has 1 aliphatic rings. The van der Waals surface area contributed by atoms with Crippen molar-refractivity contribution in [2.45, 2.75) is 25.7 Å². The van der Waals surface area contributed by atoms with Crippen LogP contribution in [0.4, 0.5) is 21.9 Å². The Kier molecular flexibility index (Phi) is 5.73. The van der Waals surface area contributed by atoms with Gasteiger partial charge in [0.25, 0.3) is 0 Å². The SMILES string of the molecule is Nc1ccccc1CCC(=O)Nc1ccccc1NC(=O)N1CCCC1. The Bertz CT molecular complexity index is 785. The van der Waals surface area contributed by atoms with Crippen LogP contribution in [0.1, 0.15) is 24.8 Å². The van der Waals surface area contributed by atoms with Gasteiger partial charge in [-0.3, -0.25) is 4.79 Å². The predicted octanol–water partition coefficient (Wildman–Crippen LogP) is 3.47. The number of hydrogen-bond donors (Lipinski definition) is 3. The van der Waals surface area contributed by atoms with E-state index in [-0.39, 0.29) is 11.9 Å². The molecule has 0 aliphatic carbocycles. The normalized spacial score (nSPS) is 13.5. The second-order valence-electron chi connectivity index (χ2n) is 6.42. The fourth-order valence-corrected chi connectivity index (χ4v) is 3.04. The van der Waals surface area contributed by atoms with E-state index in [0.717, 1.165) is 31.5 Å². The monoisotopic (exact) mass is 352 g/mol. The minimum Gasteiger partial charge on any atom is -0.399 e. The third-order valence-corrected chi connectivity index (χ3v) is 4.51. The van der Waals surface area contributed by atoms with E-state index in [0.29, 0.717) is 29.9 Å². The topological polar surface area (TPSA) is 87.5 Å². The van der Waals surface area contributed by atoms with Crippen LogP contribution in [-0.2, 0) is 11.2 Å². The Morgan fingerprint density at radius 2 is 1.54 bits per heavy atom. The van der Waals surface area contributed by atoms with Gasteiger partial charge in [0.05, 0.1) is 11.4 Å². The van der Waals surface area contributed by atoms with Crippen LogP contribution in [-0.4, -0.2) is 29.9 Å². The number of rotatable bonds is 5. The molecule has 6 heteroatoms. The Morgan fingerprint density at radius 1 is 0.923 bits per heavy atom. The fraction of sp³-hybridized carbons (Fsp3) is 0.300. The Morgan fingerprint density at radius 3 is 2.23 bits per heavy atom. The van der Waals surface area contributed by atoms with Crippen molar-refractivity contribution in [3.05, 3.63) is 54.1 Å². The molecule has 3 amide bonds. The number of carbonyl (C=O) groups is 2. The van der Waals surface area contributed by atoms with E-state index in [4.69, 9.17) is 5.73 Å². The maximum Gasteiger partial charge on any atom is 0.321 e. The lowest BCUT2D eigenvalue weighted by molar-refractivity contribution is -0.116. The molecule has 26 heavy (non-hydrogen) atoms. The molecular weight excluding hydrogens is 328 g/mol. The Hall–Kier alpha value is -3.02. The van der Waals surface area contributed by atoms with Gasteiger partial charge < -0.3 is 21.3 Å². The molecule has 136 valence electrons. The number of likely N-dealkylation sites (tertiary alicyclic amines) is 1. The summed E-state index contributed by atoms with van der Waals surface area (Å²) < 4.78 is 0. The van der Waals surface area contributed by atoms with E-state index >= 15 is 0 Å². The third kappa shape index (κ3) is 4.53. The number of benzene rings is 2. The zero-order valence-corrected chi connectivity index (χ0v) is 14.7. The molecule has 0 bridgehead atoms. The van der Waals surface area contributed by atoms with Crippen LogP contribution in [0.2, 0.25) is 0 Å². The maximum atomic E-state index is 12.3. The molecule has 6 nitrogen and oxygen atoms in total. The third-order valence-electron chi connectivity index (χ3n) is 4.51. The van der Waals surface area contributed by atoms with Crippen LogP contribution >= 0.6 is 0 Å². The lowest BCUT2D eigenvalue weighted by Crippen LogP contribution is -2.32. The number of carbonyl (C=O) groups excluding carboxylic acids is 2. The lowest BCUT2D eigenvalue weighted by atomic mass is 10.1. The maximum absolute atomic E-state index is 12.3. The van der Waals surface area contributed by atoms with Crippen LogP contribution in [0.15, 0.2) is 48.5 Å². The Labute approximate surface area is 153 Å². The predicted molar refractivity (Wildman–Crippen MR) is 104 cm³/mol. The van der Waals surface area contributed by atoms with E-state index < -0.39 is 0 Å². The van der Waals surface area contributed by atoms with Crippen molar-refractivity contribution in [1.82, 2.24) is 4.90 Å². The first-order valence-electron chi connectivity index (χ1n) is 8.91. The summed E-state index contributed by atoms with van der Waals surface area (Å²) in [5.41, 5.74) is 8.78. The van der Waals surface area contributed by atoms with Crippen LogP contribution in [0.25, 0.3) is 0 Å². The fourth-order valence-electron chi connectivity index (χ4n) is 3.04. The molecule has 0 saturated carbocycles. The molecule has 0 aromatic heterocycles. The molecule has 2 aromatic rings. The number of nitrogens with zero attached hydrogens (tertiary/aromatic N) is 1. The van der Waals surface area contributed by atoms with Crippen molar-refractivity contribution in [2.75, 3.05) is 29.5 Å². The van der Waals surface area contributed by atoms with Gasteiger partial charge in [0.15, 0.2) is 0 Å². The first kappa shape index (κ1) is 17.8. The summed E-state index contributed by atoms with van der Waals surface area (Å²) in [6.07, 6.45) is 2.96. The van der Waals surface area contributed by atoms with Crippen LogP contribution in [0.5, 0.6) is 0 Å². The van der Waals surface area contributed by atoms with E-state index in [1.807, 2.05) is 36.4 Å². The molecule has 1 fully saturated rings. The second-order valence-corrected chi connectivity index (χ2v) is 6.42. The van der Waals surface area contributed by atoms with Gasteiger partial charge in [0.2, 0.25) is 5.91 Å². The molecule has 1 saturated heterocycles. The van der Waals surface area contributed by atoms with Gasteiger partial charge in [0, 0.05) is 25.2 Å².